The lowest BCUT2D eigenvalue weighted by Gasteiger charge is -2.14. The van der Waals surface area contributed by atoms with Gasteiger partial charge in [0.25, 0.3) is 5.91 Å². The van der Waals surface area contributed by atoms with Crippen LogP contribution in [0, 0.1) is 11.8 Å². The van der Waals surface area contributed by atoms with Gasteiger partial charge in [-0.3, -0.25) is 4.79 Å². The van der Waals surface area contributed by atoms with Gasteiger partial charge in [-0.1, -0.05) is 66.6 Å². The van der Waals surface area contributed by atoms with E-state index in [-0.39, 0.29) is 19.1 Å². The second kappa shape index (κ2) is 10.9. The van der Waals surface area contributed by atoms with Crippen molar-refractivity contribution in [3.63, 3.8) is 0 Å². The minimum Gasteiger partial charge on any atom is -0.478 e. The number of nitrogens with one attached hydrogen (secondary N) is 2. The van der Waals surface area contributed by atoms with Gasteiger partial charge in [0.15, 0.2) is 0 Å². The van der Waals surface area contributed by atoms with Crippen LogP contribution < -0.4 is 10.6 Å². The first-order valence-electron chi connectivity index (χ1n) is 10.9. The number of carbonyl (C=O) groups is 3. The average Bonchev–Trinajstić information content (AvgIpc) is 3.18. The number of rotatable bonds is 6. The summed E-state index contributed by atoms with van der Waals surface area (Å²) in [5, 5.41) is 13.8. The van der Waals surface area contributed by atoms with Crippen LogP contribution in [0.1, 0.15) is 22.6 Å². The molecular weight excluding hydrogens is 444 g/mol. The Kier molecular flexibility index (Phi) is 7.24. The molecule has 0 fully saturated rings. The lowest BCUT2D eigenvalue weighted by Crippen LogP contribution is -2.26. The van der Waals surface area contributed by atoms with E-state index < -0.39 is 18.0 Å². The topological polar surface area (TPSA) is 105 Å². The Hall–Kier alpha value is -4.83. The number of amides is 2. The fraction of sp³-hybridized carbons (Fsp3) is 0.107. The summed E-state index contributed by atoms with van der Waals surface area (Å²) in [5.74, 6) is 3.33. The molecule has 7 heteroatoms. The number of carboxylic acid groups (broad SMARTS) is 1. The highest BCUT2D eigenvalue weighted by atomic mass is 16.5. The number of fused-ring (bicyclic) bond motifs is 3. The van der Waals surface area contributed by atoms with Crippen molar-refractivity contribution < 1.29 is 24.2 Å². The molecule has 0 spiro atoms. The van der Waals surface area contributed by atoms with Gasteiger partial charge >= 0.3 is 12.1 Å². The third kappa shape index (κ3) is 5.95. The van der Waals surface area contributed by atoms with Crippen molar-refractivity contribution >= 4 is 29.7 Å². The van der Waals surface area contributed by atoms with Gasteiger partial charge in [0.1, 0.15) is 6.61 Å². The Labute approximate surface area is 202 Å². The Morgan fingerprint density at radius 2 is 1.63 bits per heavy atom. The maximum atomic E-state index is 12.2. The van der Waals surface area contributed by atoms with Crippen molar-refractivity contribution in [3.05, 3.63) is 95.6 Å². The first-order valence-corrected chi connectivity index (χ1v) is 10.9. The zero-order chi connectivity index (χ0) is 24.6. The smallest absolute Gasteiger partial charge is 0.407 e. The number of ether oxygens (including phenoxy) is 1. The van der Waals surface area contributed by atoms with E-state index in [4.69, 9.17) is 9.84 Å². The molecule has 0 bridgehead atoms. The van der Waals surface area contributed by atoms with Crippen molar-refractivity contribution in [2.24, 2.45) is 0 Å². The molecule has 3 aromatic rings. The molecule has 2 amide bonds. The number of hydrogen-bond donors (Lipinski definition) is 3. The van der Waals surface area contributed by atoms with E-state index in [1.54, 1.807) is 24.3 Å². The molecule has 0 saturated heterocycles. The summed E-state index contributed by atoms with van der Waals surface area (Å²) in [7, 11) is 0. The molecule has 3 aromatic carbocycles. The lowest BCUT2D eigenvalue weighted by molar-refractivity contribution is -0.131. The second-order valence-electron chi connectivity index (χ2n) is 7.73. The largest absolute Gasteiger partial charge is 0.478 e. The first-order chi connectivity index (χ1) is 17.0. The minimum absolute atomic E-state index is 0.0360. The predicted molar refractivity (Wildman–Crippen MR) is 133 cm³/mol. The second-order valence-corrected chi connectivity index (χ2v) is 7.73. The van der Waals surface area contributed by atoms with E-state index in [0.29, 0.717) is 11.3 Å². The van der Waals surface area contributed by atoms with Crippen LogP contribution in [0.3, 0.4) is 0 Å². The number of carboxylic acids is 1. The monoisotopic (exact) mass is 466 g/mol. The van der Waals surface area contributed by atoms with Gasteiger partial charge in [0.2, 0.25) is 0 Å². The van der Waals surface area contributed by atoms with Crippen LogP contribution in [-0.4, -0.2) is 36.2 Å². The van der Waals surface area contributed by atoms with Crippen LogP contribution in [0.2, 0.25) is 0 Å². The fourth-order valence-electron chi connectivity index (χ4n) is 3.94. The van der Waals surface area contributed by atoms with E-state index in [0.717, 1.165) is 28.3 Å². The highest BCUT2D eigenvalue weighted by Gasteiger charge is 2.28. The van der Waals surface area contributed by atoms with Crippen LogP contribution in [0.4, 0.5) is 10.5 Å². The highest BCUT2D eigenvalue weighted by Crippen LogP contribution is 2.44. The SMILES string of the molecule is O=C(O)/C=C/c1cccc(NC(=O)C#CCNC(=O)OCC2c3ccccc3-c3ccccc32)c1. The fourth-order valence-corrected chi connectivity index (χ4v) is 3.94. The Balaban J connectivity index is 1.26. The molecule has 0 aromatic heterocycles. The van der Waals surface area contributed by atoms with E-state index in [9.17, 15) is 14.4 Å². The molecule has 174 valence electrons. The van der Waals surface area contributed by atoms with E-state index in [1.807, 2.05) is 36.4 Å². The van der Waals surface area contributed by atoms with Gasteiger partial charge in [-0.25, -0.2) is 9.59 Å². The minimum atomic E-state index is -1.06. The molecule has 1 aliphatic carbocycles. The standard InChI is InChI=1S/C28H22N2O5/c31-26(30-20-8-5-7-19(17-20)14-15-27(32)33)13-6-16-29-28(34)35-18-25-23-11-3-1-9-21(23)22-10-2-4-12-24(22)25/h1-5,7-12,14-15,17,25H,16,18H2,(H,29,34)(H,30,31)(H,32,33)/b15-14+. The zero-order valence-corrected chi connectivity index (χ0v) is 18.7. The lowest BCUT2D eigenvalue weighted by atomic mass is 9.98. The number of benzene rings is 3. The molecular formula is C28H22N2O5. The third-order valence-electron chi connectivity index (χ3n) is 5.43. The Bertz CT molecular complexity index is 1320. The Morgan fingerprint density at radius 3 is 2.31 bits per heavy atom. The summed E-state index contributed by atoms with van der Waals surface area (Å²) in [6.45, 7) is 0.145. The van der Waals surface area contributed by atoms with E-state index in [1.165, 1.54) is 6.08 Å². The number of carbonyl (C=O) groups excluding carboxylic acids is 2. The predicted octanol–water partition coefficient (Wildman–Crippen LogP) is 4.27. The molecule has 0 aliphatic heterocycles. The molecule has 1 aliphatic rings. The quantitative estimate of drug-likeness (QED) is 0.372. The van der Waals surface area contributed by atoms with Crippen LogP contribution in [0.25, 0.3) is 17.2 Å². The van der Waals surface area contributed by atoms with Crippen LogP contribution in [0.15, 0.2) is 78.9 Å². The number of anilines is 1. The number of aliphatic carboxylic acids is 1. The van der Waals surface area contributed by atoms with Crippen molar-refractivity contribution in [2.45, 2.75) is 5.92 Å². The van der Waals surface area contributed by atoms with Gasteiger partial charge in [-0.05, 0) is 51.9 Å². The number of hydrogen-bond acceptors (Lipinski definition) is 4. The van der Waals surface area contributed by atoms with Gasteiger partial charge < -0.3 is 20.5 Å². The maximum Gasteiger partial charge on any atom is 0.407 e. The van der Waals surface area contributed by atoms with E-state index >= 15 is 0 Å². The van der Waals surface area contributed by atoms with Crippen molar-refractivity contribution in [3.8, 4) is 23.0 Å². The van der Waals surface area contributed by atoms with Gasteiger partial charge in [-0.15, -0.1) is 0 Å². The van der Waals surface area contributed by atoms with Crippen molar-refractivity contribution in [1.82, 2.24) is 5.32 Å². The van der Waals surface area contributed by atoms with Crippen molar-refractivity contribution in [2.75, 3.05) is 18.5 Å². The Morgan fingerprint density at radius 1 is 0.943 bits per heavy atom. The first kappa shape index (κ1) is 23.3. The van der Waals surface area contributed by atoms with Gasteiger partial charge in [-0.2, -0.15) is 0 Å². The summed E-state index contributed by atoms with van der Waals surface area (Å²) < 4.78 is 5.43. The van der Waals surface area contributed by atoms with Crippen LogP contribution >= 0.6 is 0 Å². The molecule has 0 radical (unpaired) electrons. The molecule has 4 rings (SSSR count). The van der Waals surface area contributed by atoms with Gasteiger partial charge in [0, 0.05) is 17.7 Å². The highest BCUT2D eigenvalue weighted by molar-refractivity contribution is 6.04. The summed E-state index contributed by atoms with van der Waals surface area (Å²) in [4.78, 5) is 34.8. The molecule has 7 nitrogen and oxygen atoms in total. The molecule has 0 heterocycles. The molecule has 0 unspecified atom stereocenters. The van der Waals surface area contributed by atoms with Crippen LogP contribution in [0.5, 0.6) is 0 Å². The molecule has 0 saturated carbocycles. The van der Waals surface area contributed by atoms with E-state index in [2.05, 4.69) is 34.6 Å². The molecule has 0 atom stereocenters. The summed E-state index contributed by atoms with van der Waals surface area (Å²) in [6, 6.07) is 22.8. The third-order valence-corrected chi connectivity index (χ3v) is 5.43. The average molecular weight is 466 g/mol. The van der Waals surface area contributed by atoms with Crippen LogP contribution in [-0.2, 0) is 14.3 Å². The molecule has 3 N–H and O–H groups in total. The normalized spacial score (nSPS) is 11.7. The molecule has 35 heavy (non-hydrogen) atoms. The summed E-state index contributed by atoms with van der Waals surface area (Å²) in [6.07, 6.45) is 1.82. The van der Waals surface area contributed by atoms with Crippen molar-refractivity contribution in [1.29, 1.82) is 0 Å². The number of alkyl carbamates (subject to hydrolysis) is 1. The van der Waals surface area contributed by atoms with Gasteiger partial charge in [0.05, 0.1) is 6.54 Å². The summed E-state index contributed by atoms with van der Waals surface area (Å²) in [5.41, 5.74) is 5.65. The summed E-state index contributed by atoms with van der Waals surface area (Å²) >= 11 is 0. The maximum absolute atomic E-state index is 12.2. The zero-order valence-electron chi connectivity index (χ0n) is 18.7.